The second-order valence-electron chi connectivity index (χ2n) is 2.61. The van der Waals surface area contributed by atoms with Crippen LogP contribution in [-0.2, 0) is 9.47 Å². The lowest BCUT2D eigenvalue weighted by atomic mass is 10.2. The number of rotatable bonds is 8. The monoisotopic (exact) mass is 182 g/mol. The molecule has 13 heavy (non-hydrogen) atoms. The molecule has 74 valence electrons. The van der Waals surface area contributed by atoms with Crippen LogP contribution in [0.15, 0.2) is 37.0 Å². The third-order valence-electron chi connectivity index (χ3n) is 1.47. The molecule has 0 aliphatic rings. The lowest BCUT2D eigenvalue weighted by Crippen LogP contribution is -2.03. The maximum atomic E-state index is 5.28. The average Bonchev–Trinajstić information content (AvgIpc) is 2.14. The Morgan fingerprint density at radius 3 is 2.69 bits per heavy atom. The molecule has 0 amide bonds. The molecular weight excluding hydrogens is 164 g/mol. The molecule has 0 rings (SSSR count). The van der Waals surface area contributed by atoms with Gasteiger partial charge in [-0.25, -0.2) is 0 Å². The molecule has 0 heterocycles. The van der Waals surface area contributed by atoms with Gasteiger partial charge in [-0.1, -0.05) is 37.0 Å². The van der Waals surface area contributed by atoms with E-state index in [2.05, 4.69) is 13.2 Å². The predicted octanol–water partition coefficient (Wildman–Crippen LogP) is 2.34. The Morgan fingerprint density at radius 2 is 2.08 bits per heavy atom. The predicted molar refractivity (Wildman–Crippen MR) is 55.8 cm³/mol. The third kappa shape index (κ3) is 9.05. The van der Waals surface area contributed by atoms with Crippen LogP contribution in [0.3, 0.4) is 0 Å². The van der Waals surface area contributed by atoms with E-state index in [0.29, 0.717) is 19.8 Å². The van der Waals surface area contributed by atoms with Crippen LogP contribution in [0.2, 0.25) is 0 Å². The Morgan fingerprint density at radius 1 is 1.31 bits per heavy atom. The van der Waals surface area contributed by atoms with Gasteiger partial charge in [-0.05, 0) is 6.42 Å². The summed E-state index contributed by atoms with van der Waals surface area (Å²) in [6.07, 6.45) is 6.40. The Labute approximate surface area is 80.5 Å². The molecule has 0 aromatic carbocycles. The smallest absolute Gasteiger partial charge is 0.0700 e. The zero-order valence-corrected chi connectivity index (χ0v) is 8.29. The van der Waals surface area contributed by atoms with Crippen LogP contribution in [0.4, 0.5) is 0 Å². The van der Waals surface area contributed by atoms with Crippen molar-refractivity contribution in [2.45, 2.75) is 6.42 Å². The molecule has 0 saturated carbocycles. The highest BCUT2D eigenvalue weighted by atomic mass is 16.5. The van der Waals surface area contributed by atoms with Crippen molar-refractivity contribution >= 4 is 0 Å². The minimum atomic E-state index is 0.648. The van der Waals surface area contributed by atoms with Gasteiger partial charge >= 0.3 is 0 Å². The summed E-state index contributed by atoms with van der Waals surface area (Å²) in [5.74, 6) is 0. The van der Waals surface area contributed by atoms with Gasteiger partial charge in [0.05, 0.1) is 19.8 Å². The van der Waals surface area contributed by atoms with Crippen LogP contribution < -0.4 is 0 Å². The molecule has 0 fully saturated rings. The number of hydrogen-bond acceptors (Lipinski definition) is 2. The molecule has 0 aromatic rings. The van der Waals surface area contributed by atoms with Crippen molar-refractivity contribution in [1.29, 1.82) is 0 Å². The highest BCUT2D eigenvalue weighted by Crippen LogP contribution is 1.99. The van der Waals surface area contributed by atoms with Gasteiger partial charge in [-0.3, -0.25) is 0 Å². The van der Waals surface area contributed by atoms with Gasteiger partial charge in [0.25, 0.3) is 0 Å². The number of ether oxygens (including phenoxy) is 2. The van der Waals surface area contributed by atoms with Gasteiger partial charge in [-0.2, -0.15) is 0 Å². The lowest BCUT2D eigenvalue weighted by molar-refractivity contribution is 0.0725. The van der Waals surface area contributed by atoms with Gasteiger partial charge in [-0.15, -0.1) is 0 Å². The zero-order valence-electron chi connectivity index (χ0n) is 8.29. The molecule has 0 aromatic heterocycles. The average molecular weight is 182 g/mol. The topological polar surface area (TPSA) is 18.5 Å². The molecule has 0 aliphatic carbocycles. The van der Waals surface area contributed by atoms with Crippen molar-refractivity contribution in [2.75, 3.05) is 26.9 Å². The normalized spacial score (nSPS) is 10.5. The molecule has 0 spiro atoms. The van der Waals surface area contributed by atoms with Crippen molar-refractivity contribution in [3.05, 3.63) is 37.0 Å². The number of methoxy groups -OCH3 is 1. The molecule has 0 atom stereocenters. The van der Waals surface area contributed by atoms with Crippen molar-refractivity contribution in [3.63, 3.8) is 0 Å². The van der Waals surface area contributed by atoms with Crippen LogP contribution >= 0.6 is 0 Å². The Hall–Kier alpha value is -0.860. The first kappa shape index (κ1) is 12.1. The molecule has 0 radical (unpaired) electrons. The van der Waals surface area contributed by atoms with Gasteiger partial charge < -0.3 is 9.47 Å². The molecular formula is C11H18O2. The SMILES string of the molecule is C=C/C=C\C(=C)CCOCCOC. The van der Waals surface area contributed by atoms with E-state index in [-0.39, 0.29) is 0 Å². The second kappa shape index (κ2) is 9.23. The minimum Gasteiger partial charge on any atom is -0.382 e. The maximum absolute atomic E-state index is 5.28. The fourth-order valence-corrected chi connectivity index (χ4v) is 0.735. The van der Waals surface area contributed by atoms with E-state index in [1.54, 1.807) is 13.2 Å². The first-order valence-electron chi connectivity index (χ1n) is 4.34. The number of allylic oxidation sites excluding steroid dienone is 3. The first-order valence-corrected chi connectivity index (χ1v) is 4.34. The summed E-state index contributed by atoms with van der Waals surface area (Å²) in [6.45, 7) is 9.44. The van der Waals surface area contributed by atoms with Gasteiger partial charge in [0.15, 0.2) is 0 Å². The summed E-state index contributed by atoms with van der Waals surface area (Å²) in [6, 6.07) is 0. The van der Waals surface area contributed by atoms with E-state index in [9.17, 15) is 0 Å². The van der Waals surface area contributed by atoms with E-state index >= 15 is 0 Å². The summed E-state index contributed by atoms with van der Waals surface area (Å²) in [5, 5.41) is 0. The second-order valence-corrected chi connectivity index (χ2v) is 2.61. The summed E-state index contributed by atoms with van der Waals surface area (Å²) >= 11 is 0. The van der Waals surface area contributed by atoms with E-state index in [1.165, 1.54) is 0 Å². The first-order chi connectivity index (χ1) is 6.31. The Bertz CT molecular complexity index is 171. The van der Waals surface area contributed by atoms with Crippen molar-refractivity contribution in [3.8, 4) is 0 Å². The molecule has 0 bridgehead atoms. The molecule has 0 aliphatic heterocycles. The Kier molecular flexibility index (Phi) is 8.62. The van der Waals surface area contributed by atoms with Gasteiger partial charge in [0, 0.05) is 7.11 Å². The van der Waals surface area contributed by atoms with Crippen LogP contribution in [-0.4, -0.2) is 26.9 Å². The van der Waals surface area contributed by atoms with Crippen molar-refractivity contribution in [1.82, 2.24) is 0 Å². The fourth-order valence-electron chi connectivity index (χ4n) is 0.735. The largest absolute Gasteiger partial charge is 0.382 e. The van der Waals surface area contributed by atoms with Gasteiger partial charge in [0.2, 0.25) is 0 Å². The molecule has 2 heteroatoms. The van der Waals surface area contributed by atoms with E-state index in [1.807, 2.05) is 12.2 Å². The van der Waals surface area contributed by atoms with Crippen molar-refractivity contribution < 1.29 is 9.47 Å². The highest BCUT2D eigenvalue weighted by Gasteiger charge is 1.90. The minimum absolute atomic E-state index is 0.648. The molecule has 0 N–H and O–H groups in total. The summed E-state index contributed by atoms with van der Waals surface area (Å²) in [4.78, 5) is 0. The number of hydrogen-bond donors (Lipinski definition) is 0. The van der Waals surface area contributed by atoms with E-state index in [4.69, 9.17) is 9.47 Å². The molecule has 2 nitrogen and oxygen atoms in total. The fraction of sp³-hybridized carbons (Fsp3) is 0.455. The summed E-state index contributed by atoms with van der Waals surface area (Å²) < 4.78 is 10.1. The van der Waals surface area contributed by atoms with Gasteiger partial charge in [0.1, 0.15) is 0 Å². The summed E-state index contributed by atoms with van der Waals surface area (Å²) in [5.41, 5.74) is 1.05. The third-order valence-corrected chi connectivity index (χ3v) is 1.47. The quantitative estimate of drug-likeness (QED) is 0.424. The van der Waals surface area contributed by atoms with E-state index < -0.39 is 0 Å². The molecule has 0 unspecified atom stereocenters. The maximum Gasteiger partial charge on any atom is 0.0700 e. The van der Waals surface area contributed by atoms with E-state index in [0.717, 1.165) is 12.0 Å². The summed E-state index contributed by atoms with van der Waals surface area (Å²) in [7, 11) is 1.66. The Balaban J connectivity index is 3.26. The standard InChI is InChI=1S/C11H18O2/c1-4-5-6-11(2)7-8-13-10-9-12-3/h4-6H,1-2,7-10H2,3H3/b6-5-. The zero-order chi connectivity index (χ0) is 9.94. The molecule has 0 saturated heterocycles. The van der Waals surface area contributed by atoms with Crippen LogP contribution in [0.25, 0.3) is 0 Å². The highest BCUT2D eigenvalue weighted by molar-refractivity contribution is 5.17. The van der Waals surface area contributed by atoms with Crippen LogP contribution in [0.5, 0.6) is 0 Å². The van der Waals surface area contributed by atoms with Crippen molar-refractivity contribution in [2.24, 2.45) is 0 Å². The lowest BCUT2D eigenvalue weighted by Gasteiger charge is -2.02. The van der Waals surface area contributed by atoms with Crippen LogP contribution in [0.1, 0.15) is 6.42 Å². The van der Waals surface area contributed by atoms with Crippen LogP contribution in [0, 0.1) is 0 Å².